The zero-order valence-corrected chi connectivity index (χ0v) is 9.84. The van der Waals surface area contributed by atoms with E-state index < -0.39 is 11.9 Å². The van der Waals surface area contributed by atoms with E-state index in [0.29, 0.717) is 6.42 Å². The molecular formula is C10H17NO3S. The summed E-state index contributed by atoms with van der Waals surface area (Å²) in [5.74, 6) is -0.686. The molecule has 86 valence electrons. The summed E-state index contributed by atoms with van der Waals surface area (Å²) in [5, 5.41) is 11.5. The van der Waals surface area contributed by atoms with Crippen LogP contribution in [-0.4, -0.2) is 35.0 Å². The highest BCUT2D eigenvalue weighted by Crippen LogP contribution is 2.38. The maximum atomic E-state index is 11.5. The predicted molar refractivity (Wildman–Crippen MR) is 59.8 cm³/mol. The molecule has 1 rings (SSSR count). The second-order valence-electron chi connectivity index (χ2n) is 3.98. The fourth-order valence-electron chi connectivity index (χ4n) is 1.47. The lowest BCUT2D eigenvalue weighted by molar-refractivity contribution is -0.140. The summed E-state index contributed by atoms with van der Waals surface area (Å²) in [6, 6.07) is 0.139. The monoisotopic (exact) mass is 231 g/mol. The molecule has 0 aromatic carbocycles. The third-order valence-electron chi connectivity index (χ3n) is 2.59. The van der Waals surface area contributed by atoms with E-state index in [-0.39, 0.29) is 17.9 Å². The molecule has 1 amide bonds. The van der Waals surface area contributed by atoms with Crippen LogP contribution in [0.15, 0.2) is 0 Å². The molecule has 0 aromatic heterocycles. The maximum Gasteiger partial charge on any atom is 0.307 e. The molecule has 3 atom stereocenters. The second kappa shape index (κ2) is 5.39. The number of rotatable bonds is 6. The quantitative estimate of drug-likeness (QED) is 0.714. The predicted octanol–water partition coefficient (Wildman–Crippen LogP) is 0.965. The van der Waals surface area contributed by atoms with Crippen LogP contribution in [0.5, 0.6) is 0 Å². The minimum absolute atomic E-state index is 0.101. The molecule has 1 aliphatic rings. The summed E-state index contributed by atoms with van der Waals surface area (Å²) in [4.78, 5) is 22.1. The number of carbonyl (C=O) groups excluding carboxylic acids is 1. The van der Waals surface area contributed by atoms with Crippen molar-refractivity contribution in [2.75, 3.05) is 12.0 Å². The Morgan fingerprint density at radius 3 is 2.67 bits per heavy atom. The summed E-state index contributed by atoms with van der Waals surface area (Å²) in [6.07, 6.45) is 3.45. The highest BCUT2D eigenvalue weighted by Gasteiger charge is 2.48. The minimum Gasteiger partial charge on any atom is -0.481 e. The molecule has 2 N–H and O–H groups in total. The van der Waals surface area contributed by atoms with Crippen LogP contribution in [0.25, 0.3) is 0 Å². The zero-order valence-electron chi connectivity index (χ0n) is 9.03. The van der Waals surface area contributed by atoms with Crippen molar-refractivity contribution in [2.45, 2.75) is 25.8 Å². The Balaban J connectivity index is 2.22. The van der Waals surface area contributed by atoms with E-state index in [1.807, 2.05) is 13.2 Å². The lowest BCUT2D eigenvalue weighted by Gasteiger charge is -2.12. The van der Waals surface area contributed by atoms with Gasteiger partial charge >= 0.3 is 5.97 Å². The SMILES string of the molecule is CSCCC(C)NC(=O)C1CC1C(=O)O. The smallest absolute Gasteiger partial charge is 0.307 e. The Morgan fingerprint density at radius 2 is 2.20 bits per heavy atom. The Morgan fingerprint density at radius 1 is 1.53 bits per heavy atom. The number of thioether (sulfide) groups is 1. The number of aliphatic carboxylic acids is 1. The van der Waals surface area contributed by atoms with Crippen molar-refractivity contribution in [3.05, 3.63) is 0 Å². The lowest BCUT2D eigenvalue weighted by atomic mass is 10.2. The Hall–Kier alpha value is -0.710. The average Bonchev–Trinajstić information content (AvgIpc) is 2.93. The largest absolute Gasteiger partial charge is 0.481 e. The molecule has 3 unspecified atom stereocenters. The number of hydrogen-bond donors (Lipinski definition) is 2. The van der Waals surface area contributed by atoms with Crippen molar-refractivity contribution in [3.63, 3.8) is 0 Å². The van der Waals surface area contributed by atoms with Gasteiger partial charge in [-0.3, -0.25) is 9.59 Å². The third-order valence-corrected chi connectivity index (χ3v) is 3.23. The molecule has 0 radical (unpaired) electrons. The van der Waals surface area contributed by atoms with Gasteiger partial charge in [-0.25, -0.2) is 0 Å². The average molecular weight is 231 g/mol. The Bertz CT molecular complexity index is 257. The molecule has 4 nitrogen and oxygen atoms in total. The molecule has 0 aromatic rings. The number of carboxylic acids is 1. The first-order chi connectivity index (χ1) is 7.06. The third kappa shape index (κ3) is 3.74. The van der Waals surface area contributed by atoms with E-state index in [4.69, 9.17) is 5.11 Å². The molecule has 0 saturated heterocycles. The second-order valence-corrected chi connectivity index (χ2v) is 4.96. The van der Waals surface area contributed by atoms with Gasteiger partial charge in [0.2, 0.25) is 5.91 Å². The van der Waals surface area contributed by atoms with Gasteiger partial charge in [-0.15, -0.1) is 0 Å². The van der Waals surface area contributed by atoms with Gasteiger partial charge in [0.1, 0.15) is 0 Å². The van der Waals surface area contributed by atoms with Crippen molar-refractivity contribution >= 4 is 23.6 Å². The van der Waals surface area contributed by atoms with Gasteiger partial charge in [-0.2, -0.15) is 11.8 Å². The maximum absolute atomic E-state index is 11.5. The van der Waals surface area contributed by atoms with E-state index >= 15 is 0 Å². The summed E-state index contributed by atoms with van der Waals surface area (Å²) in [6.45, 7) is 1.95. The van der Waals surface area contributed by atoms with Crippen LogP contribution in [-0.2, 0) is 9.59 Å². The van der Waals surface area contributed by atoms with E-state index in [0.717, 1.165) is 12.2 Å². The summed E-state index contributed by atoms with van der Waals surface area (Å²) in [7, 11) is 0. The summed E-state index contributed by atoms with van der Waals surface area (Å²) in [5.41, 5.74) is 0. The van der Waals surface area contributed by atoms with Crippen molar-refractivity contribution < 1.29 is 14.7 Å². The first kappa shape index (κ1) is 12.4. The van der Waals surface area contributed by atoms with Gasteiger partial charge in [0.05, 0.1) is 11.8 Å². The topological polar surface area (TPSA) is 66.4 Å². The van der Waals surface area contributed by atoms with Crippen molar-refractivity contribution in [3.8, 4) is 0 Å². The standard InChI is InChI=1S/C10H17NO3S/c1-6(3-4-15-2)11-9(12)7-5-8(7)10(13)14/h6-8H,3-5H2,1-2H3,(H,11,12)(H,13,14). The van der Waals surface area contributed by atoms with E-state index in [1.54, 1.807) is 11.8 Å². The molecule has 1 saturated carbocycles. The number of carbonyl (C=O) groups is 2. The zero-order chi connectivity index (χ0) is 11.4. The fraction of sp³-hybridized carbons (Fsp3) is 0.800. The Kier molecular flexibility index (Phi) is 4.45. The van der Waals surface area contributed by atoms with Crippen LogP contribution in [0.4, 0.5) is 0 Å². The van der Waals surface area contributed by atoms with Crippen molar-refractivity contribution in [1.29, 1.82) is 0 Å². The normalized spacial score (nSPS) is 25.7. The molecule has 0 heterocycles. The van der Waals surface area contributed by atoms with Gasteiger partial charge in [-0.1, -0.05) is 0 Å². The van der Waals surface area contributed by atoms with Gasteiger partial charge in [0, 0.05) is 6.04 Å². The molecule has 0 bridgehead atoms. The molecule has 0 aliphatic heterocycles. The van der Waals surface area contributed by atoms with Crippen LogP contribution < -0.4 is 5.32 Å². The van der Waals surface area contributed by atoms with E-state index in [2.05, 4.69) is 5.32 Å². The molecule has 0 spiro atoms. The molecule has 1 aliphatic carbocycles. The highest BCUT2D eigenvalue weighted by molar-refractivity contribution is 7.98. The van der Waals surface area contributed by atoms with Crippen LogP contribution in [0, 0.1) is 11.8 Å². The van der Waals surface area contributed by atoms with E-state index in [9.17, 15) is 9.59 Å². The highest BCUT2D eigenvalue weighted by atomic mass is 32.2. The molecule has 15 heavy (non-hydrogen) atoms. The van der Waals surface area contributed by atoms with Crippen LogP contribution in [0.3, 0.4) is 0 Å². The minimum atomic E-state index is -0.855. The van der Waals surface area contributed by atoms with Gasteiger partial charge in [-0.05, 0) is 31.8 Å². The van der Waals surface area contributed by atoms with Gasteiger partial charge in [0.15, 0.2) is 0 Å². The van der Waals surface area contributed by atoms with E-state index in [1.165, 1.54) is 0 Å². The number of hydrogen-bond acceptors (Lipinski definition) is 3. The fourth-order valence-corrected chi connectivity index (χ4v) is 2.06. The lowest BCUT2D eigenvalue weighted by Crippen LogP contribution is -2.34. The van der Waals surface area contributed by atoms with Crippen LogP contribution in [0.1, 0.15) is 19.8 Å². The summed E-state index contributed by atoms with van der Waals surface area (Å²) >= 11 is 1.74. The van der Waals surface area contributed by atoms with Gasteiger partial charge < -0.3 is 10.4 Å². The molecular weight excluding hydrogens is 214 g/mol. The van der Waals surface area contributed by atoms with Crippen molar-refractivity contribution in [2.24, 2.45) is 11.8 Å². The van der Waals surface area contributed by atoms with Gasteiger partial charge in [0.25, 0.3) is 0 Å². The first-order valence-electron chi connectivity index (χ1n) is 5.08. The van der Waals surface area contributed by atoms with Crippen molar-refractivity contribution in [1.82, 2.24) is 5.32 Å². The number of nitrogens with one attached hydrogen (secondary N) is 1. The number of amides is 1. The Labute approximate surface area is 93.8 Å². The first-order valence-corrected chi connectivity index (χ1v) is 6.47. The molecule has 5 heteroatoms. The molecule has 1 fully saturated rings. The van der Waals surface area contributed by atoms with Crippen LogP contribution >= 0.6 is 11.8 Å². The summed E-state index contributed by atoms with van der Waals surface area (Å²) < 4.78 is 0. The van der Waals surface area contributed by atoms with Crippen LogP contribution in [0.2, 0.25) is 0 Å². The number of carboxylic acid groups (broad SMARTS) is 1.